The van der Waals surface area contributed by atoms with Gasteiger partial charge in [-0.2, -0.15) is 0 Å². The lowest BCUT2D eigenvalue weighted by atomic mass is 10.1. The van der Waals surface area contributed by atoms with E-state index in [2.05, 4.69) is 5.32 Å². The molecule has 2 aromatic rings. The van der Waals surface area contributed by atoms with Gasteiger partial charge in [-0.3, -0.25) is 4.79 Å². The lowest BCUT2D eigenvalue weighted by Crippen LogP contribution is -2.39. The van der Waals surface area contributed by atoms with E-state index >= 15 is 0 Å². The van der Waals surface area contributed by atoms with Gasteiger partial charge in [-0.15, -0.1) is 0 Å². The van der Waals surface area contributed by atoms with Crippen LogP contribution in [0.25, 0.3) is 0 Å². The van der Waals surface area contributed by atoms with Crippen molar-refractivity contribution in [3.8, 4) is 11.5 Å². The average molecular weight is 341 g/mol. The van der Waals surface area contributed by atoms with Gasteiger partial charge in [0.1, 0.15) is 0 Å². The van der Waals surface area contributed by atoms with Crippen LogP contribution in [-0.4, -0.2) is 28.9 Å². The highest BCUT2D eigenvalue weighted by Crippen LogP contribution is 2.28. The Kier molecular flexibility index (Phi) is 5.59. The molecule has 2 rings (SSSR count). The summed E-state index contributed by atoms with van der Waals surface area (Å²) in [5.74, 6) is -0.941. The first-order chi connectivity index (χ1) is 11.7. The van der Waals surface area contributed by atoms with E-state index in [1.54, 1.807) is 18.2 Å². The number of benzene rings is 2. The summed E-state index contributed by atoms with van der Waals surface area (Å²) >= 11 is 0. The highest BCUT2D eigenvalue weighted by molar-refractivity contribution is 5.98. The molecule has 132 valence electrons. The third kappa shape index (κ3) is 5.43. The Morgan fingerprint density at radius 3 is 2.40 bits per heavy atom. The molecule has 0 aliphatic heterocycles. The molecular formula is C20H23NO4. The maximum absolute atomic E-state index is 12.2. The van der Waals surface area contributed by atoms with Crippen LogP contribution in [0.1, 0.15) is 47.1 Å². The number of rotatable bonds is 5. The molecule has 0 saturated carbocycles. The van der Waals surface area contributed by atoms with Gasteiger partial charge in [0, 0.05) is 11.1 Å². The molecule has 5 nitrogen and oxygen atoms in total. The molecule has 0 atom stereocenters. The topological polar surface area (TPSA) is 75.6 Å². The molecule has 25 heavy (non-hydrogen) atoms. The fourth-order valence-electron chi connectivity index (χ4n) is 2.16. The van der Waals surface area contributed by atoms with Crippen molar-refractivity contribution in [2.24, 2.45) is 0 Å². The number of hydrogen-bond donors (Lipinski definition) is 2. The van der Waals surface area contributed by atoms with Gasteiger partial charge in [0.05, 0.1) is 12.1 Å². The Labute approximate surface area is 147 Å². The first kappa shape index (κ1) is 18.7. The summed E-state index contributed by atoms with van der Waals surface area (Å²) in [5.41, 5.74) is 1.51. The van der Waals surface area contributed by atoms with E-state index in [1.165, 1.54) is 18.2 Å². The van der Waals surface area contributed by atoms with E-state index in [0.29, 0.717) is 11.1 Å². The van der Waals surface area contributed by atoms with Gasteiger partial charge in [-0.05, 0) is 58.0 Å². The highest BCUT2D eigenvalue weighted by Gasteiger charge is 2.16. The average Bonchev–Trinajstić information content (AvgIpc) is 2.53. The molecule has 0 amide bonds. The van der Waals surface area contributed by atoms with Crippen LogP contribution in [0.5, 0.6) is 11.5 Å². The largest absolute Gasteiger partial charge is 0.504 e. The zero-order valence-electron chi connectivity index (χ0n) is 14.9. The van der Waals surface area contributed by atoms with Crippen molar-refractivity contribution in [3.05, 3.63) is 59.2 Å². The molecular weight excluding hydrogens is 318 g/mol. The molecule has 0 unspecified atom stereocenters. The molecule has 5 heteroatoms. The van der Waals surface area contributed by atoms with E-state index < -0.39 is 5.97 Å². The van der Waals surface area contributed by atoms with Crippen molar-refractivity contribution in [2.45, 2.75) is 33.2 Å². The number of phenols is 1. The second-order valence-corrected chi connectivity index (χ2v) is 6.97. The molecule has 0 fully saturated rings. The number of carbonyl (C=O) groups is 2. The summed E-state index contributed by atoms with van der Waals surface area (Å²) < 4.78 is 5.22. The monoisotopic (exact) mass is 341 g/mol. The van der Waals surface area contributed by atoms with Crippen LogP contribution >= 0.6 is 0 Å². The van der Waals surface area contributed by atoms with Gasteiger partial charge < -0.3 is 15.2 Å². The minimum atomic E-state index is -0.563. The van der Waals surface area contributed by atoms with Crippen LogP contribution in [0, 0.1) is 6.92 Å². The van der Waals surface area contributed by atoms with Crippen LogP contribution in [0.4, 0.5) is 0 Å². The van der Waals surface area contributed by atoms with E-state index in [-0.39, 0.29) is 29.4 Å². The summed E-state index contributed by atoms with van der Waals surface area (Å²) in [6, 6.07) is 11.2. The summed E-state index contributed by atoms with van der Waals surface area (Å²) in [6.07, 6.45) is 0. The maximum Gasteiger partial charge on any atom is 0.343 e. The first-order valence-corrected chi connectivity index (χ1v) is 8.06. The summed E-state index contributed by atoms with van der Waals surface area (Å²) in [7, 11) is 0. The van der Waals surface area contributed by atoms with Gasteiger partial charge in [-0.25, -0.2) is 4.79 Å². The highest BCUT2D eigenvalue weighted by atomic mass is 16.5. The van der Waals surface area contributed by atoms with Gasteiger partial charge in [0.25, 0.3) is 0 Å². The molecule has 0 aromatic heterocycles. The Bertz CT molecular complexity index is 791. The number of nitrogens with one attached hydrogen (secondary N) is 1. The molecule has 0 aliphatic carbocycles. The molecule has 2 aromatic carbocycles. The molecule has 0 spiro atoms. The van der Waals surface area contributed by atoms with E-state index in [9.17, 15) is 14.7 Å². The van der Waals surface area contributed by atoms with Gasteiger partial charge in [0.15, 0.2) is 17.3 Å². The molecule has 2 N–H and O–H groups in total. The molecule has 0 bridgehead atoms. The van der Waals surface area contributed by atoms with Crippen molar-refractivity contribution >= 4 is 11.8 Å². The third-order valence-electron chi connectivity index (χ3n) is 3.52. The van der Waals surface area contributed by atoms with Crippen LogP contribution in [0.15, 0.2) is 42.5 Å². The van der Waals surface area contributed by atoms with Crippen LogP contribution < -0.4 is 10.1 Å². The van der Waals surface area contributed by atoms with Gasteiger partial charge in [-0.1, -0.05) is 17.7 Å². The molecule has 0 saturated heterocycles. The number of ether oxygens (including phenoxy) is 1. The maximum atomic E-state index is 12.2. The molecule has 0 radical (unpaired) electrons. The van der Waals surface area contributed by atoms with Crippen molar-refractivity contribution in [1.82, 2.24) is 5.32 Å². The number of carbonyl (C=O) groups excluding carboxylic acids is 2. The van der Waals surface area contributed by atoms with Crippen LogP contribution in [-0.2, 0) is 0 Å². The van der Waals surface area contributed by atoms with E-state index in [1.807, 2.05) is 33.8 Å². The Balaban J connectivity index is 2.09. The second kappa shape index (κ2) is 7.49. The molecule has 0 aliphatic rings. The fourth-order valence-corrected chi connectivity index (χ4v) is 2.16. The lowest BCUT2D eigenvalue weighted by Gasteiger charge is -2.19. The smallest absolute Gasteiger partial charge is 0.343 e. The van der Waals surface area contributed by atoms with Crippen LogP contribution in [0.2, 0.25) is 0 Å². The predicted molar refractivity (Wildman–Crippen MR) is 96.3 cm³/mol. The minimum absolute atomic E-state index is 0.0202. The number of esters is 1. The number of Topliss-reactive ketones (excluding diaryl/α,β-unsaturated/α-hetero) is 1. The Morgan fingerprint density at radius 1 is 1.08 bits per heavy atom. The van der Waals surface area contributed by atoms with Gasteiger partial charge in [0.2, 0.25) is 0 Å². The summed E-state index contributed by atoms with van der Waals surface area (Å²) in [4.78, 5) is 24.3. The summed E-state index contributed by atoms with van der Waals surface area (Å²) in [6.45, 7) is 7.93. The zero-order chi connectivity index (χ0) is 18.6. The van der Waals surface area contributed by atoms with Gasteiger partial charge >= 0.3 is 5.97 Å². The number of ketones is 1. The standard InChI is InChI=1S/C20H23NO4/c1-13-6-5-7-15(10-13)19(24)25-18-9-8-14(11-16(18)22)17(23)12-21-20(2,3)4/h5-11,21-22H,12H2,1-4H3. The number of phenolic OH excluding ortho intramolecular Hbond substituents is 1. The van der Waals surface area contributed by atoms with E-state index in [4.69, 9.17) is 4.74 Å². The zero-order valence-corrected chi connectivity index (χ0v) is 14.9. The third-order valence-corrected chi connectivity index (χ3v) is 3.52. The van der Waals surface area contributed by atoms with Crippen LogP contribution in [0.3, 0.4) is 0 Å². The predicted octanol–water partition coefficient (Wildman–Crippen LogP) is 3.49. The van der Waals surface area contributed by atoms with Crippen molar-refractivity contribution in [2.75, 3.05) is 6.54 Å². The van der Waals surface area contributed by atoms with Crippen molar-refractivity contribution in [3.63, 3.8) is 0 Å². The van der Waals surface area contributed by atoms with Crippen molar-refractivity contribution < 1.29 is 19.4 Å². The minimum Gasteiger partial charge on any atom is -0.504 e. The second-order valence-electron chi connectivity index (χ2n) is 6.97. The number of hydrogen-bond acceptors (Lipinski definition) is 5. The Hall–Kier alpha value is -2.66. The summed E-state index contributed by atoms with van der Waals surface area (Å²) in [5, 5.41) is 13.2. The SMILES string of the molecule is Cc1cccc(C(=O)Oc2ccc(C(=O)CNC(C)(C)C)cc2O)c1. The lowest BCUT2D eigenvalue weighted by molar-refractivity contribution is 0.0729. The van der Waals surface area contributed by atoms with E-state index in [0.717, 1.165) is 5.56 Å². The Morgan fingerprint density at radius 2 is 1.80 bits per heavy atom. The quantitative estimate of drug-likeness (QED) is 0.495. The number of aromatic hydroxyl groups is 1. The molecule has 0 heterocycles. The normalized spacial score (nSPS) is 11.2. The first-order valence-electron chi connectivity index (χ1n) is 8.06. The number of aryl methyl sites for hydroxylation is 1. The van der Waals surface area contributed by atoms with Crippen molar-refractivity contribution in [1.29, 1.82) is 0 Å². The fraction of sp³-hybridized carbons (Fsp3) is 0.300.